The average Bonchev–Trinajstić information content (AvgIpc) is 3.19. The Balaban J connectivity index is 1.84. The summed E-state index contributed by atoms with van der Waals surface area (Å²) in [6.07, 6.45) is 0. The van der Waals surface area contributed by atoms with Gasteiger partial charge in [0.25, 0.3) is 0 Å². The lowest BCUT2D eigenvalue weighted by Crippen LogP contribution is -2.30. The van der Waals surface area contributed by atoms with Crippen molar-refractivity contribution in [1.82, 2.24) is 14.3 Å². The van der Waals surface area contributed by atoms with Crippen LogP contribution >= 0.6 is 15.9 Å². The van der Waals surface area contributed by atoms with Gasteiger partial charge in [-0.3, -0.25) is 0 Å². The quantitative estimate of drug-likeness (QED) is 0.380. The molecule has 2 heterocycles. The molecule has 132 valence electrons. The first-order valence-electron chi connectivity index (χ1n) is 8.82. The molecule has 2 aromatic heterocycles. The fourth-order valence-electron chi connectivity index (χ4n) is 3.81. The molecule has 0 N–H and O–H groups in total. The van der Waals surface area contributed by atoms with Crippen LogP contribution in [0.25, 0.3) is 39.1 Å². The summed E-state index contributed by atoms with van der Waals surface area (Å²) in [7, 11) is 4.20. The predicted octanol–water partition coefficient (Wildman–Crippen LogP) is 4.77. The summed E-state index contributed by atoms with van der Waals surface area (Å²) in [6, 6.07) is 25.1. The molecule has 27 heavy (non-hydrogen) atoms. The normalized spacial score (nSPS) is 11.5. The van der Waals surface area contributed by atoms with E-state index in [1.165, 1.54) is 11.0 Å². The van der Waals surface area contributed by atoms with Crippen LogP contribution in [0.15, 0.2) is 77.3 Å². The maximum Gasteiger partial charge on any atom is 0.310 e. The molecule has 5 heteroatoms. The third-order valence-corrected chi connectivity index (χ3v) is 5.64. The number of hydrogen-bond acceptors (Lipinski definition) is 1. The van der Waals surface area contributed by atoms with Crippen LogP contribution in [-0.2, 0) is 14.1 Å². The molecule has 0 radical (unpaired) electrons. The first-order valence-corrected chi connectivity index (χ1v) is 9.62. The average molecular weight is 418 g/mol. The van der Waals surface area contributed by atoms with Gasteiger partial charge in [-0.2, -0.15) is 5.10 Å². The summed E-state index contributed by atoms with van der Waals surface area (Å²) < 4.78 is 7.52. The highest BCUT2D eigenvalue weighted by atomic mass is 79.9. The second-order valence-electron chi connectivity index (χ2n) is 6.68. The summed E-state index contributed by atoms with van der Waals surface area (Å²) >= 11 is 3.51. The Hall–Kier alpha value is -2.92. The highest BCUT2D eigenvalue weighted by Crippen LogP contribution is 2.30. The Morgan fingerprint density at radius 3 is 2.26 bits per heavy atom. The van der Waals surface area contributed by atoms with E-state index in [4.69, 9.17) is 5.10 Å². The van der Waals surface area contributed by atoms with E-state index in [0.29, 0.717) is 0 Å². The van der Waals surface area contributed by atoms with E-state index in [9.17, 15) is 0 Å². The van der Waals surface area contributed by atoms with Crippen LogP contribution < -0.4 is 4.57 Å². The van der Waals surface area contributed by atoms with Gasteiger partial charge in [0.15, 0.2) is 16.7 Å². The Bertz CT molecular complexity index is 1260. The van der Waals surface area contributed by atoms with E-state index < -0.39 is 0 Å². The molecule has 0 unspecified atom stereocenters. The number of aryl methyl sites for hydroxylation is 2. The van der Waals surface area contributed by atoms with Crippen molar-refractivity contribution in [2.24, 2.45) is 14.1 Å². The van der Waals surface area contributed by atoms with Gasteiger partial charge in [0.1, 0.15) is 0 Å². The van der Waals surface area contributed by atoms with Crippen LogP contribution in [0.5, 0.6) is 0 Å². The van der Waals surface area contributed by atoms with Gasteiger partial charge in [0.05, 0.1) is 25.3 Å². The van der Waals surface area contributed by atoms with E-state index in [1.54, 1.807) is 0 Å². The molecule has 0 fully saturated rings. The van der Waals surface area contributed by atoms with Gasteiger partial charge in [0, 0.05) is 9.86 Å². The van der Waals surface area contributed by atoms with Gasteiger partial charge in [-0.05, 0) is 42.5 Å². The second kappa shape index (κ2) is 6.06. The Labute approximate surface area is 165 Å². The minimum absolute atomic E-state index is 0.981. The maximum atomic E-state index is 5.04. The zero-order valence-corrected chi connectivity index (χ0v) is 16.7. The number of imidazole rings is 1. The lowest BCUT2D eigenvalue weighted by atomic mass is 10.2. The Morgan fingerprint density at radius 2 is 1.52 bits per heavy atom. The van der Waals surface area contributed by atoms with Gasteiger partial charge in [-0.25, -0.2) is 13.8 Å². The monoisotopic (exact) mass is 417 g/mol. The number of para-hydroxylation sites is 3. The molecule has 4 nitrogen and oxygen atoms in total. The number of benzene rings is 3. The Kier molecular flexibility index (Phi) is 3.65. The highest BCUT2D eigenvalue weighted by molar-refractivity contribution is 9.10. The minimum Gasteiger partial charge on any atom is -0.232 e. The standard InChI is InChI=1S/C22H18BrN4/c1-25-19-9-5-6-10-20(19)26(2)22(25)21-17-7-3-4-8-18(17)27(24-21)16-13-11-15(23)12-14-16/h3-14H,1-2H3/q+1. The Morgan fingerprint density at radius 1 is 0.852 bits per heavy atom. The molecule has 3 aromatic carbocycles. The number of aromatic nitrogens is 4. The van der Waals surface area contributed by atoms with Crippen molar-refractivity contribution >= 4 is 37.9 Å². The van der Waals surface area contributed by atoms with Gasteiger partial charge in [-0.15, -0.1) is 0 Å². The number of hydrogen-bond donors (Lipinski definition) is 0. The summed E-state index contributed by atoms with van der Waals surface area (Å²) in [5.74, 6) is 1.09. The van der Waals surface area contributed by atoms with Crippen molar-refractivity contribution < 1.29 is 4.57 Å². The van der Waals surface area contributed by atoms with E-state index >= 15 is 0 Å². The van der Waals surface area contributed by atoms with Crippen LogP contribution in [0.1, 0.15) is 0 Å². The predicted molar refractivity (Wildman–Crippen MR) is 112 cm³/mol. The third-order valence-electron chi connectivity index (χ3n) is 5.11. The third kappa shape index (κ3) is 2.42. The van der Waals surface area contributed by atoms with E-state index in [0.717, 1.165) is 32.6 Å². The molecule has 0 aliphatic carbocycles. The minimum atomic E-state index is 0.981. The molecule has 0 amide bonds. The van der Waals surface area contributed by atoms with Crippen molar-refractivity contribution in [2.45, 2.75) is 0 Å². The lowest BCUT2D eigenvalue weighted by Gasteiger charge is -2.03. The molecular weight excluding hydrogens is 400 g/mol. The maximum absolute atomic E-state index is 5.04. The van der Waals surface area contributed by atoms with Gasteiger partial charge < -0.3 is 0 Å². The molecule has 0 spiro atoms. The topological polar surface area (TPSA) is 26.6 Å². The molecule has 0 bridgehead atoms. The molecule has 0 atom stereocenters. The van der Waals surface area contributed by atoms with Gasteiger partial charge in [0.2, 0.25) is 0 Å². The first-order chi connectivity index (χ1) is 13.1. The van der Waals surface area contributed by atoms with Crippen LogP contribution in [-0.4, -0.2) is 14.3 Å². The summed E-state index contributed by atoms with van der Waals surface area (Å²) in [6.45, 7) is 0. The van der Waals surface area contributed by atoms with Crippen molar-refractivity contribution in [3.8, 4) is 17.2 Å². The van der Waals surface area contributed by atoms with E-state index in [2.05, 4.69) is 99.8 Å². The van der Waals surface area contributed by atoms with Gasteiger partial charge >= 0.3 is 5.82 Å². The van der Waals surface area contributed by atoms with Crippen molar-refractivity contribution in [3.63, 3.8) is 0 Å². The van der Waals surface area contributed by atoms with E-state index in [-0.39, 0.29) is 0 Å². The van der Waals surface area contributed by atoms with Crippen LogP contribution in [0.3, 0.4) is 0 Å². The summed E-state index contributed by atoms with van der Waals surface area (Å²) in [5.41, 5.74) is 5.51. The molecule has 5 rings (SSSR count). The highest BCUT2D eigenvalue weighted by Gasteiger charge is 2.26. The number of nitrogens with zero attached hydrogens (tertiary/aromatic N) is 4. The number of halogens is 1. The zero-order chi connectivity index (χ0) is 18.5. The molecule has 5 aromatic rings. The molecule has 0 saturated carbocycles. The first kappa shape index (κ1) is 16.3. The number of rotatable bonds is 2. The second-order valence-corrected chi connectivity index (χ2v) is 7.60. The van der Waals surface area contributed by atoms with Crippen molar-refractivity contribution in [1.29, 1.82) is 0 Å². The molecule has 0 saturated heterocycles. The SMILES string of the molecule is Cn1c(-c2nn(-c3ccc(Br)cc3)c3ccccc23)[n+](C)c2ccccc21. The van der Waals surface area contributed by atoms with Crippen LogP contribution in [0.2, 0.25) is 0 Å². The summed E-state index contributed by atoms with van der Waals surface area (Å²) in [5, 5.41) is 6.18. The smallest absolute Gasteiger partial charge is 0.232 e. The molecule has 0 aliphatic rings. The van der Waals surface area contributed by atoms with Gasteiger partial charge in [-0.1, -0.05) is 46.3 Å². The molecule has 0 aliphatic heterocycles. The molecular formula is C22H18BrN4+. The van der Waals surface area contributed by atoms with Crippen molar-refractivity contribution in [2.75, 3.05) is 0 Å². The summed E-state index contributed by atoms with van der Waals surface area (Å²) in [4.78, 5) is 0. The van der Waals surface area contributed by atoms with Crippen LogP contribution in [0, 0.1) is 0 Å². The van der Waals surface area contributed by atoms with Crippen molar-refractivity contribution in [3.05, 3.63) is 77.3 Å². The largest absolute Gasteiger partial charge is 0.310 e. The zero-order valence-electron chi connectivity index (χ0n) is 15.1. The van der Waals surface area contributed by atoms with E-state index in [1.807, 2.05) is 16.8 Å². The fourth-order valence-corrected chi connectivity index (χ4v) is 4.08. The fraction of sp³-hybridized carbons (Fsp3) is 0.0909. The lowest BCUT2D eigenvalue weighted by molar-refractivity contribution is -0.634. The number of fused-ring (bicyclic) bond motifs is 2. The van der Waals surface area contributed by atoms with Crippen LogP contribution in [0.4, 0.5) is 0 Å².